The molecule has 4 heteroatoms. The highest BCUT2D eigenvalue weighted by Gasteiger charge is 2.11. The number of ether oxygens (including phenoxy) is 1. The van der Waals surface area contributed by atoms with Gasteiger partial charge in [-0.05, 0) is 43.3 Å². The van der Waals surface area contributed by atoms with Crippen molar-refractivity contribution in [1.82, 2.24) is 5.32 Å². The van der Waals surface area contributed by atoms with Crippen LogP contribution in [0.4, 0.5) is 4.39 Å². The molecule has 0 bridgehead atoms. The first-order chi connectivity index (χ1) is 9.61. The normalized spacial score (nSPS) is 10.6. The molecule has 0 fully saturated rings. The molecule has 0 saturated carbocycles. The number of halogens is 2. The molecule has 20 heavy (non-hydrogen) atoms. The molecule has 2 nitrogen and oxygen atoms in total. The summed E-state index contributed by atoms with van der Waals surface area (Å²) in [7, 11) is 0. The summed E-state index contributed by atoms with van der Waals surface area (Å²) in [5.41, 5.74) is 1.47. The van der Waals surface area contributed by atoms with Gasteiger partial charge in [-0.15, -0.1) is 0 Å². The lowest BCUT2D eigenvalue weighted by atomic mass is 10.1. The van der Waals surface area contributed by atoms with E-state index in [9.17, 15) is 4.39 Å². The third kappa shape index (κ3) is 3.50. The molecule has 2 rings (SSSR count). The Balaban J connectivity index is 2.33. The minimum atomic E-state index is -0.275. The highest BCUT2D eigenvalue weighted by atomic mass is 35.5. The summed E-state index contributed by atoms with van der Waals surface area (Å²) in [6.45, 7) is 5.10. The van der Waals surface area contributed by atoms with Gasteiger partial charge in [-0.3, -0.25) is 0 Å². The average Bonchev–Trinajstić information content (AvgIpc) is 2.42. The molecule has 0 aliphatic carbocycles. The standard InChI is InChI=1S/C16H17ClFNO/c1-3-19-10-13-14(18)5-4-6-15(13)20-16-9-12(17)8-7-11(16)2/h4-9,19H,3,10H2,1-2H3. The zero-order chi connectivity index (χ0) is 14.5. The monoisotopic (exact) mass is 293 g/mol. The number of hydrogen-bond acceptors (Lipinski definition) is 2. The third-order valence-electron chi connectivity index (χ3n) is 3.00. The predicted octanol–water partition coefficient (Wildman–Crippen LogP) is 4.69. The molecule has 0 heterocycles. The van der Waals surface area contributed by atoms with Crippen LogP contribution in [-0.2, 0) is 6.54 Å². The molecule has 0 aliphatic heterocycles. The first-order valence-electron chi connectivity index (χ1n) is 6.54. The molecule has 0 amide bonds. The highest BCUT2D eigenvalue weighted by molar-refractivity contribution is 6.30. The van der Waals surface area contributed by atoms with Gasteiger partial charge >= 0.3 is 0 Å². The smallest absolute Gasteiger partial charge is 0.134 e. The van der Waals surface area contributed by atoms with Gasteiger partial charge in [0.15, 0.2) is 0 Å². The third-order valence-corrected chi connectivity index (χ3v) is 3.23. The van der Waals surface area contributed by atoms with Crippen LogP contribution in [0, 0.1) is 12.7 Å². The summed E-state index contributed by atoms with van der Waals surface area (Å²) < 4.78 is 19.7. The molecular weight excluding hydrogens is 277 g/mol. The minimum Gasteiger partial charge on any atom is -0.457 e. The quantitative estimate of drug-likeness (QED) is 0.863. The Morgan fingerprint density at radius 2 is 2.00 bits per heavy atom. The van der Waals surface area contributed by atoms with Gasteiger partial charge in [0, 0.05) is 17.1 Å². The second kappa shape index (κ2) is 6.73. The van der Waals surface area contributed by atoms with Crippen LogP contribution in [-0.4, -0.2) is 6.54 Å². The van der Waals surface area contributed by atoms with E-state index in [1.807, 2.05) is 19.9 Å². The van der Waals surface area contributed by atoms with E-state index in [0.29, 0.717) is 28.6 Å². The lowest BCUT2D eigenvalue weighted by molar-refractivity contribution is 0.459. The molecule has 2 aromatic rings. The van der Waals surface area contributed by atoms with Crippen LogP contribution in [0.25, 0.3) is 0 Å². The summed E-state index contributed by atoms with van der Waals surface area (Å²) >= 11 is 5.97. The first kappa shape index (κ1) is 14.8. The number of nitrogens with one attached hydrogen (secondary N) is 1. The van der Waals surface area contributed by atoms with E-state index in [-0.39, 0.29) is 5.82 Å². The molecule has 0 saturated heterocycles. The Bertz CT molecular complexity index is 601. The number of hydrogen-bond donors (Lipinski definition) is 1. The zero-order valence-electron chi connectivity index (χ0n) is 11.5. The summed E-state index contributed by atoms with van der Waals surface area (Å²) in [5.74, 6) is 0.875. The molecule has 0 aliphatic rings. The van der Waals surface area contributed by atoms with Gasteiger partial charge in [0.2, 0.25) is 0 Å². The minimum absolute atomic E-state index is 0.275. The highest BCUT2D eigenvalue weighted by Crippen LogP contribution is 2.31. The Morgan fingerprint density at radius 3 is 2.75 bits per heavy atom. The number of rotatable bonds is 5. The Labute approximate surface area is 123 Å². The number of aryl methyl sites for hydroxylation is 1. The van der Waals surface area contributed by atoms with Crippen molar-refractivity contribution < 1.29 is 9.13 Å². The summed E-state index contributed by atoms with van der Waals surface area (Å²) in [4.78, 5) is 0. The van der Waals surface area contributed by atoms with Crippen molar-refractivity contribution in [3.8, 4) is 11.5 Å². The lowest BCUT2D eigenvalue weighted by Crippen LogP contribution is -2.13. The van der Waals surface area contributed by atoms with E-state index >= 15 is 0 Å². The Morgan fingerprint density at radius 1 is 1.20 bits per heavy atom. The van der Waals surface area contributed by atoms with E-state index in [0.717, 1.165) is 12.1 Å². The van der Waals surface area contributed by atoms with E-state index in [2.05, 4.69) is 5.32 Å². The van der Waals surface area contributed by atoms with Crippen LogP contribution >= 0.6 is 11.6 Å². The van der Waals surface area contributed by atoms with Gasteiger partial charge in [0.05, 0.1) is 0 Å². The molecule has 0 aromatic heterocycles. The van der Waals surface area contributed by atoms with Gasteiger partial charge in [-0.1, -0.05) is 30.7 Å². The van der Waals surface area contributed by atoms with Gasteiger partial charge < -0.3 is 10.1 Å². The van der Waals surface area contributed by atoms with Crippen molar-refractivity contribution in [2.24, 2.45) is 0 Å². The largest absolute Gasteiger partial charge is 0.457 e. The molecular formula is C16H17ClFNO. The maximum atomic E-state index is 13.9. The van der Waals surface area contributed by atoms with Gasteiger partial charge in [-0.25, -0.2) is 4.39 Å². The van der Waals surface area contributed by atoms with Crippen LogP contribution in [0.2, 0.25) is 5.02 Å². The fourth-order valence-electron chi connectivity index (χ4n) is 1.86. The first-order valence-corrected chi connectivity index (χ1v) is 6.91. The lowest BCUT2D eigenvalue weighted by Gasteiger charge is -2.14. The average molecular weight is 294 g/mol. The van der Waals surface area contributed by atoms with Gasteiger partial charge in [0.1, 0.15) is 17.3 Å². The van der Waals surface area contributed by atoms with Crippen molar-refractivity contribution in [1.29, 1.82) is 0 Å². The molecule has 106 valence electrons. The summed E-state index contributed by atoms with van der Waals surface area (Å²) in [5, 5.41) is 3.70. The Kier molecular flexibility index (Phi) is 4.99. The van der Waals surface area contributed by atoms with Crippen molar-refractivity contribution in [3.63, 3.8) is 0 Å². The zero-order valence-corrected chi connectivity index (χ0v) is 12.3. The van der Waals surface area contributed by atoms with Crippen molar-refractivity contribution in [2.75, 3.05) is 6.54 Å². The van der Waals surface area contributed by atoms with Crippen molar-refractivity contribution >= 4 is 11.6 Å². The molecule has 2 aromatic carbocycles. The topological polar surface area (TPSA) is 21.3 Å². The molecule has 0 spiro atoms. The van der Waals surface area contributed by atoms with Crippen molar-refractivity contribution in [2.45, 2.75) is 20.4 Å². The van der Waals surface area contributed by atoms with Crippen molar-refractivity contribution in [3.05, 3.63) is 58.4 Å². The Hall–Kier alpha value is -1.58. The maximum absolute atomic E-state index is 13.9. The second-order valence-corrected chi connectivity index (χ2v) is 4.95. The van der Waals surface area contributed by atoms with E-state index in [4.69, 9.17) is 16.3 Å². The molecule has 0 atom stereocenters. The summed E-state index contributed by atoms with van der Waals surface area (Å²) in [6.07, 6.45) is 0. The van der Waals surface area contributed by atoms with E-state index < -0.39 is 0 Å². The van der Waals surface area contributed by atoms with Crippen LogP contribution in [0.5, 0.6) is 11.5 Å². The van der Waals surface area contributed by atoms with Crippen LogP contribution in [0.15, 0.2) is 36.4 Å². The van der Waals surface area contributed by atoms with Gasteiger partial charge in [-0.2, -0.15) is 0 Å². The SMILES string of the molecule is CCNCc1c(F)cccc1Oc1cc(Cl)ccc1C. The molecule has 0 radical (unpaired) electrons. The maximum Gasteiger partial charge on any atom is 0.134 e. The van der Waals surface area contributed by atoms with Crippen LogP contribution in [0.3, 0.4) is 0 Å². The van der Waals surface area contributed by atoms with Gasteiger partial charge in [0.25, 0.3) is 0 Å². The second-order valence-electron chi connectivity index (χ2n) is 4.51. The van der Waals surface area contributed by atoms with Crippen LogP contribution in [0.1, 0.15) is 18.1 Å². The molecule has 1 N–H and O–H groups in total. The molecule has 0 unspecified atom stereocenters. The van der Waals surface area contributed by atoms with E-state index in [1.165, 1.54) is 6.07 Å². The number of benzene rings is 2. The fraction of sp³-hybridized carbons (Fsp3) is 0.250. The fourth-order valence-corrected chi connectivity index (χ4v) is 2.02. The summed E-state index contributed by atoms with van der Waals surface area (Å²) in [6, 6.07) is 10.2. The van der Waals surface area contributed by atoms with Crippen LogP contribution < -0.4 is 10.1 Å². The predicted molar refractivity (Wildman–Crippen MR) is 80.0 cm³/mol. The van der Waals surface area contributed by atoms with E-state index in [1.54, 1.807) is 24.3 Å².